The molecule has 2 heteroatoms. The molecule has 1 aliphatic carbocycles. The van der Waals surface area contributed by atoms with E-state index < -0.39 is 0 Å². The first-order valence-corrected chi connectivity index (χ1v) is 6.20. The van der Waals surface area contributed by atoms with Gasteiger partial charge in [-0.15, -0.1) is 0 Å². The van der Waals surface area contributed by atoms with E-state index in [1.54, 1.807) is 0 Å². The van der Waals surface area contributed by atoms with Crippen LogP contribution in [0.4, 0.5) is 0 Å². The molecule has 0 amide bonds. The molecule has 1 heterocycles. The molecule has 1 nitrogen and oxygen atoms in total. The van der Waals surface area contributed by atoms with E-state index in [0.29, 0.717) is 0 Å². The first-order chi connectivity index (χ1) is 7.36. The molecule has 0 unspecified atom stereocenters. The molecular weight excluding hydrogens is 250 g/mol. The van der Waals surface area contributed by atoms with Crippen LogP contribution < -0.4 is 0 Å². The number of hydrogen-bond acceptors (Lipinski definition) is 1. The van der Waals surface area contributed by atoms with Gasteiger partial charge in [-0.1, -0.05) is 28.1 Å². The maximum absolute atomic E-state index is 4.53. The molecule has 1 aliphatic rings. The summed E-state index contributed by atoms with van der Waals surface area (Å²) in [4.78, 5) is 4.53. The van der Waals surface area contributed by atoms with Gasteiger partial charge >= 0.3 is 0 Å². The molecule has 0 saturated carbocycles. The Morgan fingerprint density at radius 2 is 1.93 bits per heavy atom. The Kier molecular flexibility index (Phi) is 2.24. The summed E-state index contributed by atoms with van der Waals surface area (Å²) in [7, 11) is 0. The zero-order chi connectivity index (χ0) is 10.3. The van der Waals surface area contributed by atoms with E-state index in [-0.39, 0.29) is 0 Å². The van der Waals surface area contributed by atoms with Gasteiger partial charge in [0.05, 0.1) is 5.52 Å². The lowest BCUT2D eigenvalue weighted by Gasteiger charge is -2.17. The smallest absolute Gasteiger partial charge is 0.0747 e. The van der Waals surface area contributed by atoms with E-state index in [2.05, 4.69) is 33.0 Å². The van der Waals surface area contributed by atoms with E-state index in [0.717, 1.165) is 4.47 Å². The van der Waals surface area contributed by atoms with Crippen LogP contribution in [0.3, 0.4) is 0 Å². The van der Waals surface area contributed by atoms with Crippen LogP contribution >= 0.6 is 15.9 Å². The van der Waals surface area contributed by atoms with Crippen LogP contribution in [0.15, 0.2) is 28.9 Å². The average Bonchev–Trinajstić information content (AvgIpc) is 2.29. The lowest BCUT2D eigenvalue weighted by molar-refractivity contribution is 0.689. The zero-order valence-electron chi connectivity index (χ0n) is 8.46. The maximum atomic E-state index is 4.53. The molecule has 0 fully saturated rings. The van der Waals surface area contributed by atoms with Crippen molar-refractivity contribution in [2.45, 2.75) is 25.7 Å². The molecule has 0 N–H and O–H groups in total. The van der Waals surface area contributed by atoms with Crippen molar-refractivity contribution in [1.82, 2.24) is 4.98 Å². The Labute approximate surface area is 97.7 Å². The lowest BCUT2D eigenvalue weighted by atomic mass is 9.90. The minimum absolute atomic E-state index is 1.15. The summed E-state index contributed by atoms with van der Waals surface area (Å²) in [6, 6.07) is 6.47. The number of pyridine rings is 1. The highest BCUT2D eigenvalue weighted by Gasteiger charge is 2.13. The number of aromatic nitrogens is 1. The fourth-order valence-corrected chi connectivity index (χ4v) is 2.85. The summed E-state index contributed by atoms with van der Waals surface area (Å²) in [5.74, 6) is 0. The summed E-state index contributed by atoms with van der Waals surface area (Å²) >= 11 is 3.58. The molecule has 3 rings (SSSR count). The number of benzene rings is 1. The Morgan fingerprint density at radius 3 is 2.87 bits per heavy atom. The molecule has 2 aromatic rings. The molecule has 0 atom stereocenters. The predicted octanol–water partition coefficient (Wildman–Crippen LogP) is 3.88. The molecule has 0 spiro atoms. The van der Waals surface area contributed by atoms with E-state index in [9.17, 15) is 0 Å². The van der Waals surface area contributed by atoms with Gasteiger partial charge in [0.1, 0.15) is 0 Å². The van der Waals surface area contributed by atoms with Crippen molar-refractivity contribution >= 4 is 26.8 Å². The first-order valence-electron chi connectivity index (χ1n) is 5.41. The minimum Gasteiger partial charge on any atom is -0.256 e. The number of aryl methyl sites for hydroxylation is 2. The van der Waals surface area contributed by atoms with Crippen molar-refractivity contribution in [1.29, 1.82) is 0 Å². The second-order valence-electron chi connectivity index (χ2n) is 4.10. The van der Waals surface area contributed by atoms with E-state index in [4.69, 9.17) is 0 Å². The summed E-state index contributed by atoms with van der Waals surface area (Å²) in [5.41, 5.74) is 4.17. The highest BCUT2D eigenvalue weighted by molar-refractivity contribution is 9.10. The molecule has 76 valence electrons. The van der Waals surface area contributed by atoms with Crippen LogP contribution in [0.1, 0.15) is 24.0 Å². The molecule has 0 saturated heterocycles. The second-order valence-corrected chi connectivity index (χ2v) is 4.95. The van der Waals surface area contributed by atoms with Crippen LogP contribution in [-0.2, 0) is 12.8 Å². The van der Waals surface area contributed by atoms with Gasteiger partial charge in [-0.2, -0.15) is 0 Å². The van der Waals surface area contributed by atoms with Crippen molar-refractivity contribution in [2.24, 2.45) is 0 Å². The number of rotatable bonds is 0. The summed E-state index contributed by atoms with van der Waals surface area (Å²) in [5, 5.41) is 1.25. The highest BCUT2D eigenvalue weighted by Crippen LogP contribution is 2.30. The Morgan fingerprint density at radius 1 is 1.07 bits per heavy atom. The van der Waals surface area contributed by atoms with Gasteiger partial charge < -0.3 is 0 Å². The highest BCUT2D eigenvalue weighted by atomic mass is 79.9. The fourth-order valence-electron chi connectivity index (χ4n) is 2.42. The maximum Gasteiger partial charge on any atom is 0.0747 e. The summed E-state index contributed by atoms with van der Waals surface area (Å²) in [6.07, 6.45) is 6.93. The monoisotopic (exact) mass is 261 g/mol. The molecule has 15 heavy (non-hydrogen) atoms. The third-order valence-electron chi connectivity index (χ3n) is 3.18. The number of fused-ring (bicyclic) bond motifs is 3. The fraction of sp³-hybridized carbons (Fsp3) is 0.308. The molecule has 1 aromatic carbocycles. The third kappa shape index (κ3) is 1.48. The minimum atomic E-state index is 1.15. The number of nitrogens with zero attached hydrogens (tertiary/aromatic N) is 1. The van der Waals surface area contributed by atoms with Crippen LogP contribution in [0.2, 0.25) is 0 Å². The Bertz CT molecular complexity index is 519. The van der Waals surface area contributed by atoms with Gasteiger partial charge in [-0.05, 0) is 42.9 Å². The predicted molar refractivity (Wildman–Crippen MR) is 66.1 cm³/mol. The average molecular weight is 262 g/mol. The Balaban J connectivity index is 2.36. The van der Waals surface area contributed by atoms with E-state index in [1.165, 1.54) is 47.7 Å². The van der Waals surface area contributed by atoms with Crippen molar-refractivity contribution in [2.75, 3.05) is 0 Å². The third-order valence-corrected chi connectivity index (χ3v) is 3.88. The van der Waals surface area contributed by atoms with Crippen molar-refractivity contribution in [3.05, 3.63) is 40.0 Å². The molecule has 0 aliphatic heterocycles. The van der Waals surface area contributed by atoms with Gasteiger partial charge in [-0.3, -0.25) is 4.98 Å². The standard InChI is InChI=1S/C13H12BrN/c14-12-7-8-15-13-10-4-2-1-3-9(10)5-6-11(12)13/h5-8H,1-4H2. The largest absolute Gasteiger partial charge is 0.256 e. The molecule has 0 radical (unpaired) electrons. The van der Waals surface area contributed by atoms with Crippen LogP contribution in [0.25, 0.3) is 10.9 Å². The summed E-state index contributed by atoms with van der Waals surface area (Å²) < 4.78 is 1.15. The van der Waals surface area contributed by atoms with Crippen LogP contribution in [0, 0.1) is 0 Å². The van der Waals surface area contributed by atoms with Gasteiger partial charge in [-0.25, -0.2) is 0 Å². The topological polar surface area (TPSA) is 12.9 Å². The molecule has 0 bridgehead atoms. The quantitative estimate of drug-likeness (QED) is 0.702. The Hall–Kier alpha value is -0.890. The van der Waals surface area contributed by atoms with Crippen molar-refractivity contribution in [3.8, 4) is 0 Å². The van der Waals surface area contributed by atoms with Gasteiger partial charge in [0.2, 0.25) is 0 Å². The molecule has 1 aromatic heterocycles. The number of halogens is 1. The second kappa shape index (κ2) is 3.60. The van der Waals surface area contributed by atoms with Gasteiger partial charge in [0.15, 0.2) is 0 Å². The number of hydrogen-bond donors (Lipinski definition) is 0. The normalized spacial score (nSPS) is 15.3. The SMILES string of the molecule is Brc1ccnc2c3c(ccc12)CCCC3. The van der Waals surface area contributed by atoms with Crippen molar-refractivity contribution in [3.63, 3.8) is 0 Å². The van der Waals surface area contributed by atoms with Crippen LogP contribution in [0.5, 0.6) is 0 Å². The van der Waals surface area contributed by atoms with E-state index >= 15 is 0 Å². The molecular formula is C13H12BrN. The lowest BCUT2D eigenvalue weighted by Crippen LogP contribution is -2.03. The van der Waals surface area contributed by atoms with Gasteiger partial charge in [0.25, 0.3) is 0 Å². The van der Waals surface area contributed by atoms with Crippen LogP contribution in [-0.4, -0.2) is 4.98 Å². The zero-order valence-corrected chi connectivity index (χ0v) is 10.0. The first kappa shape index (κ1) is 9.34. The van der Waals surface area contributed by atoms with Gasteiger partial charge in [0, 0.05) is 16.1 Å². The van der Waals surface area contributed by atoms with E-state index in [1.807, 2.05) is 12.3 Å². The summed E-state index contributed by atoms with van der Waals surface area (Å²) in [6.45, 7) is 0. The van der Waals surface area contributed by atoms with Crippen molar-refractivity contribution < 1.29 is 0 Å².